The highest BCUT2D eigenvalue weighted by atomic mass is 32.2. The molecule has 0 saturated carbocycles. The van der Waals surface area contributed by atoms with E-state index in [-0.39, 0.29) is 11.2 Å². The van der Waals surface area contributed by atoms with Crippen molar-refractivity contribution in [2.75, 3.05) is 13.1 Å². The number of hydrogen-bond acceptors (Lipinski definition) is 2. The minimum Gasteiger partial charge on any atom is -0.342 e. The summed E-state index contributed by atoms with van der Waals surface area (Å²) in [5.74, 6) is 0.0578. The van der Waals surface area contributed by atoms with Gasteiger partial charge in [0, 0.05) is 23.9 Å². The Bertz CT molecular complexity index is 483. The van der Waals surface area contributed by atoms with Crippen molar-refractivity contribution in [1.82, 2.24) is 4.90 Å². The number of benzene rings is 1. The summed E-state index contributed by atoms with van der Waals surface area (Å²) in [7, 11) is -1.18. The van der Waals surface area contributed by atoms with E-state index >= 15 is 0 Å². The highest BCUT2D eigenvalue weighted by Crippen LogP contribution is 2.27. The lowest BCUT2D eigenvalue weighted by molar-refractivity contribution is -0.131. The molecule has 0 aliphatic carbocycles. The molecule has 1 heterocycles. The van der Waals surface area contributed by atoms with Crippen molar-refractivity contribution in [3.63, 3.8) is 0 Å². The summed E-state index contributed by atoms with van der Waals surface area (Å²) in [6, 6.07) is 9.90. The van der Waals surface area contributed by atoms with Crippen LogP contribution in [-0.4, -0.2) is 33.4 Å². The van der Waals surface area contributed by atoms with Gasteiger partial charge in [-0.05, 0) is 38.2 Å². The molecule has 2 rings (SSSR count). The van der Waals surface area contributed by atoms with Gasteiger partial charge >= 0.3 is 0 Å². The van der Waals surface area contributed by atoms with Crippen LogP contribution in [-0.2, 0) is 15.6 Å². The first-order chi connectivity index (χ1) is 10.1. The summed E-state index contributed by atoms with van der Waals surface area (Å²) in [6.07, 6.45) is 4.12. The lowest BCUT2D eigenvalue weighted by Gasteiger charge is -2.30. The van der Waals surface area contributed by atoms with Gasteiger partial charge in [-0.1, -0.05) is 37.3 Å². The Hall–Kier alpha value is -1.16. The molecule has 1 aliphatic rings. The Balaban J connectivity index is 2.08. The van der Waals surface area contributed by atoms with Crippen LogP contribution in [0.4, 0.5) is 0 Å². The SMILES string of the molecule is CC[C@H](c1ccccc1)[S@@](=O)[C@@H](C)C(=O)N1CCCCC1. The summed E-state index contributed by atoms with van der Waals surface area (Å²) < 4.78 is 12.8. The Morgan fingerprint density at radius 3 is 2.38 bits per heavy atom. The molecule has 1 fully saturated rings. The number of likely N-dealkylation sites (tertiary alicyclic amines) is 1. The van der Waals surface area contributed by atoms with Crippen LogP contribution in [0.2, 0.25) is 0 Å². The molecule has 0 aromatic heterocycles. The number of hydrogen-bond donors (Lipinski definition) is 0. The van der Waals surface area contributed by atoms with Crippen LogP contribution in [0.3, 0.4) is 0 Å². The van der Waals surface area contributed by atoms with Crippen molar-refractivity contribution in [2.45, 2.75) is 50.0 Å². The van der Waals surface area contributed by atoms with E-state index in [1.807, 2.05) is 49.1 Å². The molecule has 3 nitrogen and oxygen atoms in total. The van der Waals surface area contributed by atoms with Gasteiger partial charge in [-0.15, -0.1) is 0 Å². The average Bonchev–Trinajstić information content (AvgIpc) is 2.56. The molecule has 0 unspecified atom stereocenters. The van der Waals surface area contributed by atoms with Gasteiger partial charge in [0.05, 0.1) is 5.25 Å². The summed E-state index contributed by atoms with van der Waals surface area (Å²) in [6.45, 7) is 5.50. The number of nitrogens with zero attached hydrogens (tertiary/aromatic N) is 1. The average molecular weight is 307 g/mol. The summed E-state index contributed by atoms with van der Waals surface area (Å²) in [5, 5.41) is -0.483. The smallest absolute Gasteiger partial charge is 0.238 e. The van der Waals surface area contributed by atoms with Crippen LogP contribution in [0.5, 0.6) is 0 Å². The molecular weight excluding hydrogens is 282 g/mol. The monoisotopic (exact) mass is 307 g/mol. The summed E-state index contributed by atoms with van der Waals surface area (Å²) in [5.41, 5.74) is 1.07. The number of carbonyl (C=O) groups excluding carboxylic acids is 1. The first kappa shape index (κ1) is 16.2. The van der Waals surface area contributed by atoms with Crippen LogP contribution in [0.25, 0.3) is 0 Å². The second-order valence-corrected chi connectivity index (χ2v) is 7.60. The molecule has 116 valence electrons. The van der Waals surface area contributed by atoms with Crippen molar-refractivity contribution >= 4 is 16.7 Å². The largest absolute Gasteiger partial charge is 0.342 e. The molecule has 4 heteroatoms. The van der Waals surface area contributed by atoms with Gasteiger partial charge in [0.1, 0.15) is 5.25 Å². The van der Waals surface area contributed by atoms with Gasteiger partial charge in [0.25, 0.3) is 0 Å². The van der Waals surface area contributed by atoms with E-state index < -0.39 is 16.0 Å². The maximum Gasteiger partial charge on any atom is 0.238 e. The highest BCUT2D eigenvalue weighted by Gasteiger charge is 2.30. The van der Waals surface area contributed by atoms with Gasteiger partial charge in [0.2, 0.25) is 5.91 Å². The topological polar surface area (TPSA) is 37.4 Å². The predicted octanol–water partition coefficient (Wildman–Crippen LogP) is 3.29. The maximum absolute atomic E-state index is 12.8. The van der Waals surface area contributed by atoms with E-state index in [2.05, 4.69) is 0 Å². The van der Waals surface area contributed by atoms with E-state index in [1.54, 1.807) is 0 Å². The molecule has 0 N–H and O–H groups in total. The molecular formula is C17H25NO2S. The van der Waals surface area contributed by atoms with Crippen LogP contribution >= 0.6 is 0 Å². The third kappa shape index (κ3) is 3.94. The molecule has 0 bridgehead atoms. The number of amides is 1. The van der Waals surface area contributed by atoms with Crippen LogP contribution in [0, 0.1) is 0 Å². The fraction of sp³-hybridized carbons (Fsp3) is 0.588. The van der Waals surface area contributed by atoms with E-state index in [0.717, 1.165) is 37.9 Å². The fourth-order valence-electron chi connectivity index (χ4n) is 2.92. The lowest BCUT2D eigenvalue weighted by Crippen LogP contribution is -2.43. The van der Waals surface area contributed by atoms with E-state index in [9.17, 15) is 9.00 Å². The first-order valence-electron chi connectivity index (χ1n) is 7.88. The molecule has 1 aromatic carbocycles. The third-order valence-electron chi connectivity index (χ3n) is 4.19. The Labute approximate surface area is 130 Å². The molecule has 1 amide bonds. The van der Waals surface area contributed by atoms with Crippen molar-refractivity contribution < 1.29 is 9.00 Å². The van der Waals surface area contributed by atoms with Crippen molar-refractivity contribution in [1.29, 1.82) is 0 Å². The zero-order chi connectivity index (χ0) is 15.2. The number of rotatable bonds is 5. The lowest BCUT2D eigenvalue weighted by atomic mass is 10.1. The minimum atomic E-state index is -1.18. The van der Waals surface area contributed by atoms with Crippen molar-refractivity contribution in [3.8, 4) is 0 Å². The van der Waals surface area contributed by atoms with E-state index in [1.165, 1.54) is 6.42 Å². The normalized spacial score (nSPS) is 19.8. The zero-order valence-corrected chi connectivity index (χ0v) is 13.8. The second kappa shape index (κ2) is 7.74. The van der Waals surface area contributed by atoms with Crippen LogP contribution < -0.4 is 0 Å². The van der Waals surface area contributed by atoms with Crippen LogP contribution in [0.1, 0.15) is 50.3 Å². The van der Waals surface area contributed by atoms with Crippen molar-refractivity contribution in [2.24, 2.45) is 0 Å². The highest BCUT2D eigenvalue weighted by molar-refractivity contribution is 7.86. The van der Waals surface area contributed by atoms with Crippen LogP contribution in [0.15, 0.2) is 30.3 Å². The molecule has 1 aliphatic heterocycles. The predicted molar refractivity (Wildman–Crippen MR) is 87.5 cm³/mol. The van der Waals surface area contributed by atoms with Gasteiger partial charge in [0.15, 0.2) is 0 Å². The molecule has 1 saturated heterocycles. The second-order valence-electron chi connectivity index (χ2n) is 5.66. The van der Waals surface area contributed by atoms with Crippen molar-refractivity contribution in [3.05, 3.63) is 35.9 Å². The summed E-state index contributed by atoms with van der Waals surface area (Å²) >= 11 is 0. The molecule has 3 atom stereocenters. The van der Waals surface area contributed by atoms with Gasteiger partial charge < -0.3 is 4.90 Å². The number of piperidine rings is 1. The number of carbonyl (C=O) groups is 1. The summed E-state index contributed by atoms with van der Waals surface area (Å²) in [4.78, 5) is 14.4. The van der Waals surface area contributed by atoms with Gasteiger partial charge in [-0.2, -0.15) is 0 Å². The Morgan fingerprint density at radius 2 is 1.81 bits per heavy atom. The van der Waals surface area contributed by atoms with Gasteiger partial charge in [-0.25, -0.2) is 0 Å². The minimum absolute atomic E-state index is 0.0578. The fourth-order valence-corrected chi connectivity index (χ4v) is 4.51. The quantitative estimate of drug-likeness (QED) is 0.837. The zero-order valence-electron chi connectivity index (χ0n) is 13.0. The Morgan fingerprint density at radius 1 is 1.19 bits per heavy atom. The molecule has 1 aromatic rings. The molecule has 0 radical (unpaired) electrons. The molecule has 0 spiro atoms. The standard InChI is InChI=1S/C17H25NO2S/c1-3-16(15-10-6-4-7-11-15)21(20)14(2)17(19)18-12-8-5-9-13-18/h4,6-7,10-11,14,16H,3,5,8-9,12-13H2,1-2H3/t14-,16+,21-/m0/s1. The first-order valence-corrected chi connectivity index (χ1v) is 9.16. The van der Waals surface area contributed by atoms with E-state index in [4.69, 9.17) is 0 Å². The Kier molecular flexibility index (Phi) is 5.97. The van der Waals surface area contributed by atoms with Gasteiger partial charge in [-0.3, -0.25) is 9.00 Å². The van der Waals surface area contributed by atoms with E-state index in [0.29, 0.717) is 0 Å². The third-order valence-corrected chi connectivity index (χ3v) is 6.25. The maximum atomic E-state index is 12.8. The molecule has 21 heavy (non-hydrogen) atoms.